The Morgan fingerprint density at radius 1 is 0.467 bits per heavy atom. The van der Waals surface area contributed by atoms with Gasteiger partial charge in [0.1, 0.15) is 0 Å². The molecule has 0 atom stereocenters. The van der Waals surface area contributed by atoms with Crippen molar-refractivity contribution in [1.82, 2.24) is 0 Å². The van der Waals surface area contributed by atoms with E-state index in [-0.39, 0.29) is 5.41 Å². The number of hydrogen-bond donors (Lipinski definition) is 0. The molecule has 0 saturated heterocycles. The molecule has 0 unspecified atom stereocenters. The summed E-state index contributed by atoms with van der Waals surface area (Å²) >= 11 is 0. The maximum atomic E-state index is 14.5. The topological polar surface area (TPSA) is 17.1 Å². The Morgan fingerprint density at radius 2 is 0.800 bits per heavy atom. The molecule has 1 nitrogen and oxygen atoms in total. The van der Waals surface area contributed by atoms with Crippen LogP contribution in [-0.4, -0.2) is 5.78 Å². The summed E-state index contributed by atoms with van der Waals surface area (Å²) in [6.45, 7) is 9.12. The van der Waals surface area contributed by atoms with E-state index >= 15 is 0 Å². The zero-order chi connectivity index (χ0) is 32.2. The van der Waals surface area contributed by atoms with Gasteiger partial charge in [0.15, 0.2) is 5.78 Å². The van der Waals surface area contributed by atoms with E-state index in [0.29, 0.717) is 5.78 Å². The van der Waals surface area contributed by atoms with Crippen molar-refractivity contribution in [3.8, 4) is 0 Å². The molecule has 0 heterocycles. The van der Waals surface area contributed by atoms with Crippen LogP contribution in [0.15, 0.2) is 45.6 Å². The molecule has 3 aliphatic carbocycles. The number of rotatable bonds is 28. The van der Waals surface area contributed by atoms with Crippen LogP contribution in [0.4, 0.5) is 0 Å². The summed E-state index contributed by atoms with van der Waals surface area (Å²) in [4.78, 5) is 14.5. The molecule has 0 aliphatic heterocycles. The fourth-order valence-corrected chi connectivity index (χ4v) is 8.58. The lowest BCUT2D eigenvalue weighted by atomic mass is 9.63. The highest BCUT2D eigenvalue weighted by Gasteiger charge is 2.48. The molecule has 0 aromatic heterocycles. The van der Waals surface area contributed by atoms with Crippen LogP contribution in [0.1, 0.15) is 220 Å². The van der Waals surface area contributed by atoms with E-state index in [1.807, 2.05) is 0 Å². The van der Waals surface area contributed by atoms with Gasteiger partial charge in [0.05, 0.1) is 5.41 Å². The molecule has 3 rings (SSSR count). The van der Waals surface area contributed by atoms with Crippen LogP contribution < -0.4 is 0 Å². The second kappa shape index (κ2) is 22.2. The SMILES string of the molecule is CCCCCCCCCCCCCCCC1(CCCCCCCCCCCCCCC)C(=O)C2=C(CC(C)=C2)C2=C1C=C(C)C2. The van der Waals surface area contributed by atoms with Crippen LogP contribution in [0, 0.1) is 5.41 Å². The van der Waals surface area contributed by atoms with Gasteiger partial charge in [-0.15, -0.1) is 0 Å². The number of carbonyl (C=O) groups excluding carboxylic acids is 1. The van der Waals surface area contributed by atoms with Crippen molar-refractivity contribution in [1.29, 1.82) is 0 Å². The van der Waals surface area contributed by atoms with Gasteiger partial charge in [-0.3, -0.25) is 4.79 Å². The molecular weight excluding hydrogens is 544 g/mol. The number of ketones is 1. The molecule has 0 aromatic carbocycles. The van der Waals surface area contributed by atoms with E-state index in [9.17, 15) is 4.79 Å². The maximum Gasteiger partial charge on any atom is 0.173 e. The summed E-state index contributed by atoms with van der Waals surface area (Å²) in [5.41, 5.74) is 8.05. The normalized spacial score (nSPS) is 17.3. The quantitative estimate of drug-likeness (QED) is 0.0797. The average Bonchev–Trinajstić information content (AvgIpc) is 3.62. The Balaban J connectivity index is 1.43. The molecule has 256 valence electrons. The van der Waals surface area contributed by atoms with Crippen molar-refractivity contribution >= 4 is 5.78 Å². The van der Waals surface area contributed by atoms with E-state index in [0.717, 1.165) is 31.3 Å². The van der Waals surface area contributed by atoms with Crippen LogP contribution in [0.5, 0.6) is 0 Å². The van der Waals surface area contributed by atoms with Crippen LogP contribution in [0.2, 0.25) is 0 Å². The first-order valence-electron chi connectivity index (χ1n) is 20.4. The number of allylic oxidation sites excluding steroid dienone is 8. The van der Waals surface area contributed by atoms with Crippen LogP contribution in [0.3, 0.4) is 0 Å². The molecule has 1 heteroatoms. The molecule has 0 spiro atoms. The van der Waals surface area contributed by atoms with Gasteiger partial charge in [-0.2, -0.15) is 0 Å². The molecule has 0 bridgehead atoms. The molecule has 0 fully saturated rings. The van der Waals surface area contributed by atoms with Gasteiger partial charge in [-0.1, -0.05) is 204 Å². The molecule has 0 N–H and O–H groups in total. The number of Topliss-reactive ketones (excluding diaryl/α,β-unsaturated/α-hetero) is 1. The lowest BCUT2D eigenvalue weighted by Gasteiger charge is -2.38. The third-order valence-electron chi connectivity index (χ3n) is 11.3. The van der Waals surface area contributed by atoms with Gasteiger partial charge >= 0.3 is 0 Å². The third-order valence-corrected chi connectivity index (χ3v) is 11.3. The number of carbonyl (C=O) groups is 1. The Kier molecular flexibility index (Phi) is 18.8. The highest BCUT2D eigenvalue weighted by Crippen LogP contribution is 2.55. The Morgan fingerprint density at radius 3 is 1.20 bits per heavy atom. The lowest BCUT2D eigenvalue weighted by molar-refractivity contribution is -0.123. The second-order valence-corrected chi connectivity index (χ2v) is 15.5. The van der Waals surface area contributed by atoms with E-state index in [1.54, 1.807) is 5.57 Å². The summed E-state index contributed by atoms with van der Waals surface area (Å²) in [5, 5.41) is 0. The minimum absolute atomic E-state index is 0.261. The molecule has 0 aromatic rings. The monoisotopic (exact) mass is 619 g/mol. The minimum Gasteiger partial charge on any atom is -0.293 e. The van der Waals surface area contributed by atoms with Crippen molar-refractivity contribution in [2.75, 3.05) is 0 Å². The molecule has 0 amide bonds. The highest BCUT2D eigenvalue weighted by atomic mass is 16.1. The summed E-state index contributed by atoms with van der Waals surface area (Å²) in [7, 11) is 0. The number of fused-ring (bicyclic) bond motifs is 1. The zero-order valence-electron chi connectivity index (χ0n) is 30.8. The van der Waals surface area contributed by atoms with Gasteiger partial charge in [0.25, 0.3) is 0 Å². The van der Waals surface area contributed by atoms with Crippen molar-refractivity contribution < 1.29 is 4.79 Å². The maximum absolute atomic E-state index is 14.5. The fourth-order valence-electron chi connectivity index (χ4n) is 8.58. The van der Waals surface area contributed by atoms with Gasteiger partial charge in [0.2, 0.25) is 0 Å². The van der Waals surface area contributed by atoms with E-state index in [4.69, 9.17) is 0 Å². The number of hydrogen-bond acceptors (Lipinski definition) is 1. The van der Waals surface area contributed by atoms with E-state index in [2.05, 4.69) is 39.8 Å². The Labute approximate surface area is 281 Å². The van der Waals surface area contributed by atoms with Gasteiger partial charge in [0, 0.05) is 5.57 Å². The summed E-state index contributed by atoms with van der Waals surface area (Å²) < 4.78 is 0. The van der Waals surface area contributed by atoms with Gasteiger partial charge < -0.3 is 0 Å². The van der Waals surface area contributed by atoms with Crippen LogP contribution in [-0.2, 0) is 4.79 Å². The van der Waals surface area contributed by atoms with Gasteiger partial charge in [-0.25, -0.2) is 0 Å². The first-order valence-corrected chi connectivity index (χ1v) is 20.4. The van der Waals surface area contributed by atoms with Crippen LogP contribution in [0.25, 0.3) is 0 Å². The molecule has 3 aliphatic rings. The van der Waals surface area contributed by atoms with E-state index in [1.165, 1.54) is 189 Å². The smallest absolute Gasteiger partial charge is 0.173 e. The first-order chi connectivity index (χ1) is 22.0. The van der Waals surface area contributed by atoms with Gasteiger partial charge in [-0.05, 0) is 56.3 Å². The van der Waals surface area contributed by atoms with Crippen molar-refractivity contribution in [3.63, 3.8) is 0 Å². The average molecular weight is 619 g/mol. The molecule has 45 heavy (non-hydrogen) atoms. The molecule has 0 radical (unpaired) electrons. The molecular formula is C44H74O. The van der Waals surface area contributed by atoms with E-state index < -0.39 is 0 Å². The largest absolute Gasteiger partial charge is 0.293 e. The predicted molar refractivity (Wildman–Crippen MR) is 199 cm³/mol. The van der Waals surface area contributed by atoms with Crippen molar-refractivity contribution in [2.45, 2.75) is 220 Å². The lowest BCUT2D eigenvalue weighted by Crippen LogP contribution is -2.37. The van der Waals surface area contributed by atoms with Crippen molar-refractivity contribution in [2.24, 2.45) is 5.41 Å². The standard InChI is InChI=1S/C44H74O/c1-5-7-9-11-13-15-17-19-21-23-25-27-29-31-44(32-30-28-26-24-22-20-18-16-14-12-10-8-6-2)42-36-38(4)34-40(42)39-33-37(3)35-41(39)43(44)45/h35-36H,5-34H2,1-4H3. The zero-order valence-corrected chi connectivity index (χ0v) is 30.8. The summed E-state index contributed by atoms with van der Waals surface area (Å²) in [6.07, 6.45) is 44.8. The first kappa shape index (κ1) is 38.1. The number of unbranched alkanes of at least 4 members (excludes halogenated alkanes) is 24. The summed E-state index contributed by atoms with van der Waals surface area (Å²) in [6, 6.07) is 0. The third kappa shape index (κ3) is 12.6. The Bertz CT molecular complexity index is 954. The highest BCUT2D eigenvalue weighted by molar-refractivity contribution is 6.09. The van der Waals surface area contributed by atoms with Crippen LogP contribution >= 0.6 is 0 Å². The minimum atomic E-state index is -0.261. The second-order valence-electron chi connectivity index (χ2n) is 15.5. The predicted octanol–water partition coefficient (Wildman–Crippen LogP) is 14.8. The molecule has 0 saturated carbocycles. The van der Waals surface area contributed by atoms with Crippen molar-refractivity contribution in [3.05, 3.63) is 45.6 Å². The fraction of sp³-hybridized carbons (Fsp3) is 0.795. The Hall–Kier alpha value is -1.37. The summed E-state index contributed by atoms with van der Waals surface area (Å²) in [5.74, 6) is 0.483.